The second-order valence-electron chi connectivity index (χ2n) is 7.27. The van der Waals surface area contributed by atoms with E-state index in [9.17, 15) is 8.42 Å². The smallest absolute Gasteiger partial charge is 0.191 e. The fourth-order valence-corrected chi connectivity index (χ4v) is 3.78. The zero-order valence-corrected chi connectivity index (χ0v) is 21.1. The molecule has 2 N–H and O–H groups in total. The first-order chi connectivity index (χ1) is 11.9. The monoisotopic (exact) mass is 549 g/mol. The normalized spacial score (nSPS) is 13.7. The molecule has 0 aliphatic rings. The minimum atomic E-state index is -2.97. The molecule has 0 fully saturated rings. The molecule has 27 heavy (non-hydrogen) atoms. The number of benzene rings is 1. The van der Waals surface area contributed by atoms with Gasteiger partial charge in [0.05, 0.1) is 11.8 Å². The molecule has 0 aliphatic carbocycles. The third-order valence-electron chi connectivity index (χ3n) is 3.94. The first-order valence-corrected chi connectivity index (χ1v) is 11.4. The Morgan fingerprint density at radius 2 is 1.93 bits per heavy atom. The van der Waals surface area contributed by atoms with Gasteiger partial charge in [0.1, 0.15) is 9.84 Å². The van der Waals surface area contributed by atoms with Gasteiger partial charge < -0.3 is 10.6 Å². The lowest BCUT2D eigenvalue weighted by molar-refractivity contribution is 0.365. The molecule has 0 saturated heterocycles. The number of halogens is 3. The lowest BCUT2D eigenvalue weighted by atomic mass is 9.90. The maximum Gasteiger partial charge on any atom is 0.191 e. The molecule has 0 amide bonds. The molecule has 1 atom stereocenters. The van der Waals surface area contributed by atoms with Gasteiger partial charge in [0, 0.05) is 29.4 Å². The van der Waals surface area contributed by atoms with E-state index in [4.69, 9.17) is 23.2 Å². The Labute approximate surface area is 190 Å². The summed E-state index contributed by atoms with van der Waals surface area (Å²) in [6, 6.07) is 5.35. The van der Waals surface area contributed by atoms with Gasteiger partial charge in [0.15, 0.2) is 5.96 Å². The number of guanidine groups is 1. The average Bonchev–Trinajstić information content (AvgIpc) is 2.50. The van der Waals surface area contributed by atoms with E-state index in [0.717, 1.165) is 12.1 Å². The van der Waals surface area contributed by atoms with Crippen molar-refractivity contribution in [1.29, 1.82) is 0 Å². The van der Waals surface area contributed by atoms with Crippen molar-refractivity contribution in [2.24, 2.45) is 10.4 Å². The van der Waals surface area contributed by atoms with Crippen LogP contribution in [0, 0.1) is 5.41 Å². The maximum atomic E-state index is 11.4. The molecule has 1 aromatic carbocycles. The Hall–Kier alpha value is -0.250. The predicted octanol–water partition coefficient (Wildman–Crippen LogP) is 4.69. The second kappa shape index (κ2) is 11.7. The van der Waals surface area contributed by atoms with Crippen LogP contribution in [0.1, 0.15) is 45.7 Å². The number of aliphatic imine (C=N–C) groups is 1. The van der Waals surface area contributed by atoms with Crippen molar-refractivity contribution >= 4 is 63.0 Å². The van der Waals surface area contributed by atoms with Crippen molar-refractivity contribution in [3.05, 3.63) is 33.8 Å². The summed E-state index contributed by atoms with van der Waals surface area (Å²) in [6.45, 7) is 9.26. The second-order valence-corrected chi connectivity index (χ2v) is 10.4. The molecule has 0 aliphatic heterocycles. The van der Waals surface area contributed by atoms with E-state index in [2.05, 4.69) is 15.6 Å². The van der Waals surface area contributed by atoms with Crippen LogP contribution in [0.15, 0.2) is 23.2 Å². The van der Waals surface area contributed by atoms with E-state index in [1.54, 1.807) is 12.1 Å². The molecule has 1 unspecified atom stereocenters. The molecular weight excluding hydrogens is 520 g/mol. The van der Waals surface area contributed by atoms with Crippen molar-refractivity contribution in [2.75, 3.05) is 25.1 Å². The number of hydrogen-bond acceptors (Lipinski definition) is 3. The zero-order chi connectivity index (χ0) is 20.0. The summed E-state index contributed by atoms with van der Waals surface area (Å²) in [4.78, 5) is 4.63. The summed E-state index contributed by atoms with van der Waals surface area (Å²) in [7, 11) is -2.97. The van der Waals surface area contributed by atoms with Crippen molar-refractivity contribution < 1.29 is 8.42 Å². The Morgan fingerprint density at radius 3 is 2.44 bits per heavy atom. The lowest BCUT2D eigenvalue weighted by Crippen LogP contribution is -2.39. The molecule has 9 heteroatoms. The highest BCUT2D eigenvalue weighted by molar-refractivity contribution is 14.0. The number of rotatable bonds is 8. The Kier molecular flexibility index (Phi) is 11.6. The van der Waals surface area contributed by atoms with Gasteiger partial charge in [-0.1, -0.05) is 43.1 Å². The Bertz CT molecular complexity index is 740. The highest BCUT2D eigenvalue weighted by atomic mass is 127. The average molecular weight is 550 g/mol. The SMILES string of the molecule is CCNC(=NCC(C)(C)CCS(C)(=O)=O)NC(C)c1ccc(Cl)cc1Cl.I. The van der Waals surface area contributed by atoms with E-state index in [0.29, 0.717) is 29.0 Å². The van der Waals surface area contributed by atoms with Gasteiger partial charge in [0.25, 0.3) is 0 Å². The Morgan fingerprint density at radius 1 is 1.30 bits per heavy atom. The molecule has 5 nitrogen and oxygen atoms in total. The Balaban J connectivity index is 0.00000676. The topological polar surface area (TPSA) is 70.6 Å². The summed E-state index contributed by atoms with van der Waals surface area (Å²) >= 11 is 12.2. The molecular formula is C18H30Cl2IN3O2S. The van der Waals surface area contributed by atoms with Crippen LogP contribution < -0.4 is 10.6 Å². The van der Waals surface area contributed by atoms with Crippen LogP contribution in [-0.4, -0.2) is 39.5 Å². The van der Waals surface area contributed by atoms with Crippen molar-refractivity contribution in [1.82, 2.24) is 10.6 Å². The van der Waals surface area contributed by atoms with Gasteiger partial charge in [-0.05, 0) is 43.4 Å². The minimum absolute atomic E-state index is 0. The highest BCUT2D eigenvalue weighted by Crippen LogP contribution is 2.26. The van der Waals surface area contributed by atoms with E-state index < -0.39 is 9.84 Å². The zero-order valence-electron chi connectivity index (χ0n) is 16.5. The summed E-state index contributed by atoms with van der Waals surface area (Å²) in [5, 5.41) is 7.74. The molecule has 0 aromatic heterocycles. The van der Waals surface area contributed by atoms with Gasteiger partial charge in [-0.3, -0.25) is 4.99 Å². The van der Waals surface area contributed by atoms with Crippen LogP contribution in [0.3, 0.4) is 0 Å². The minimum Gasteiger partial charge on any atom is -0.357 e. The third kappa shape index (κ3) is 10.8. The van der Waals surface area contributed by atoms with Crippen LogP contribution in [0.2, 0.25) is 10.0 Å². The molecule has 0 saturated carbocycles. The van der Waals surface area contributed by atoms with Crippen molar-refractivity contribution in [2.45, 2.75) is 40.2 Å². The summed E-state index contributed by atoms with van der Waals surface area (Å²) in [5.74, 6) is 0.828. The first-order valence-electron chi connectivity index (χ1n) is 8.61. The van der Waals surface area contributed by atoms with Gasteiger partial charge in [0.2, 0.25) is 0 Å². The number of nitrogens with zero attached hydrogens (tertiary/aromatic N) is 1. The fraction of sp³-hybridized carbons (Fsp3) is 0.611. The quantitative estimate of drug-likeness (QED) is 0.280. The number of hydrogen-bond donors (Lipinski definition) is 2. The first kappa shape index (κ1) is 26.8. The van der Waals surface area contributed by atoms with E-state index in [1.807, 2.05) is 33.8 Å². The maximum absolute atomic E-state index is 11.4. The molecule has 1 aromatic rings. The van der Waals surface area contributed by atoms with E-state index in [1.165, 1.54) is 6.26 Å². The standard InChI is InChI=1S/C18H29Cl2N3O2S.HI/c1-6-21-17(22-12-18(3,4)9-10-26(5,24)25)23-13(2)15-8-7-14(19)11-16(15)20;/h7-8,11,13H,6,9-10,12H2,1-5H3,(H2,21,22,23);1H. The highest BCUT2D eigenvalue weighted by Gasteiger charge is 2.20. The molecule has 1 rings (SSSR count). The molecule has 156 valence electrons. The van der Waals surface area contributed by atoms with Gasteiger partial charge in [-0.2, -0.15) is 0 Å². The van der Waals surface area contributed by atoms with Crippen molar-refractivity contribution in [3.63, 3.8) is 0 Å². The third-order valence-corrected chi connectivity index (χ3v) is 5.45. The summed E-state index contributed by atoms with van der Waals surface area (Å²) in [5.41, 5.74) is 0.713. The van der Waals surface area contributed by atoms with Crippen LogP contribution in [0.25, 0.3) is 0 Å². The molecule has 0 bridgehead atoms. The van der Waals surface area contributed by atoms with Gasteiger partial charge in [-0.25, -0.2) is 8.42 Å². The van der Waals surface area contributed by atoms with Gasteiger partial charge >= 0.3 is 0 Å². The fourth-order valence-electron chi connectivity index (χ4n) is 2.29. The van der Waals surface area contributed by atoms with Crippen LogP contribution >= 0.6 is 47.2 Å². The van der Waals surface area contributed by atoms with Crippen LogP contribution in [0.5, 0.6) is 0 Å². The lowest BCUT2D eigenvalue weighted by Gasteiger charge is -2.24. The predicted molar refractivity (Wildman–Crippen MR) is 128 cm³/mol. The summed E-state index contributed by atoms with van der Waals surface area (Å²) in [6.07, 6.45) is 1.82. The van der Waals surface area contributed by atoms with Crippen molar-refractivity contribution in [3.8, 4) is 0 Å². The van der Waals surface area contributed by atoms with E-state index in [-0.39, 0.29) is 41.2 Å². The number of nitrogens with one attached hydrogen (secondary N) is 2. The number of sulfone groups is 1. The largest absolute Gasteiger partial charge is 0.357 e. The molecule has 0 radical (unpaired) electrons. The van der Waals surface area contributed by atoms with E-state index >= 15 is 0 Å². The molecule has 0 heterocycles. The molecule has 0 spiro atoms. The summed E-state index contributed by atoms with van der Waals surface area (Å²) < 4.78 is 22.8. The van der Waals surface area contributed by atoms with Crippen LogP contribution in [-0.2, 0) is 9.84 Å². The van der Waals surface area contributed by atoms with Gasteiger partial charge in [-0.15, -0.1) is 24.0 Å². The van der Waals surface area contributed by atoms with Crippen LogP contribution in [0.4, 0.5) is 0 Å².